The summed E-state index contributed by atoms with van der Waals surface area (Å²) in [4.78, 5) is 15.9. The average molecular weight is 318 g/mol. The first-order chi connectivity index (χ1) is 10.6. The minimum absolute atomic E-state index is 0.234. The molecule has 3 rings (SSSR count). The van der Waals surface area contributed by atoms with Gasteiger partial charge >= 0.3 is 0 Å². The van der Waals surface area contributed by atoms with Gasteiger partial charge in [0.1, 0.15) is 0 Å². The molecular weight excluding hydrogens is 292 g/mol. The van der Waals surface area contributed by atoms with Gasteiger partial charge in [0.05, 0.1) is 11.6 Å². The lowest BCUT2D eigenvalue weighted by Gasteiger charge is -2.30. The number of benzene rings is 1. The Bertz CT molecular complexity index is 556. The number of rotatable bonds is 3. The highest BCUT2D eigenvalue weighted by Gasteiger charge is 2.39. The third-order valence-electron chi connectivity index (χ3n) is 4.04. The van der Waals surface area contributed by atoms with Crippen LogP contribution in [0.5, 0.6) is 0 Å². The van der Waals surface area contributed by atoms with Crippen LogP contribution < -0.4 is 5.32 Å². The third-order valence-corrected chi connectivity index (χ3v) is 5.09. The number of hydrogen-bond donors (Lipinski definition) is 1. The van der Waals surface area contributed by atoms with Gasteiger partial charge < -0.3 is 10.2 Å². The monoisotopic (exact) mass is 318 g/mol. The minimum Gasteiger partial charge on any atom is -0.329 e. The molecule has 1 fully saturated rings. The topological polar surface area (TPSA) is 32.3 Å². The van der Waals surface area contributed by atoms with E-state index >= 15 is 0 Å². The van der Waals surface area contributed by atoms with E-state index in [0.717, 1.165) is 31.6 Å². The second-order valence-corrected chi connectivity index (χ2v) is 7.42. The Morgan fingerprint density at radius 2 is 2.14 bits per heavy atom. The lowest BCUT2D eigenvalue weighted by Crippen LogP contribution is -2.44. The van der Waals surface area contributed by atoms with Gasteiger partial charge in [-0.25, -0.2) is 0 Å². The van der Waals surface area contributed by atoms with Crippen molar-refractivity contribution in [1.82, 2.24) is 10.2 Å². The molecule has 0 saturated carbocycles. The number of carbonyl (C=O) groups excluding carboxylic acids is 1. The highest BCUT2D eigenvalue weighted by molar-refractivity contribution is 8.00. The van der Waals surface area contributed by atoms with E-state index in [1.54, 1.807) is 0 Å². The first-order valence-corrected chi connectivity index (χ1v) is 8.85. The second-order valence-electron chi connectivity index (χ2n) is 5.80. The molecule has 22 heavy (non-hydrogen) atoms. The number of hydrogen-bond acceptors (Lipinski definition) is 3. The summed E-state index contributed by atoms with van der Waals surface area (Å²) in [6, 6.07) is 4.70. The van der Waals surface area contributed by atoms with Crippen molar-refractivity contribution in [2.24, 2.45) is 0 Å². The van der Waals surface area contributed by atoms with Gasteiger partial charge in [0.15, 0.2) is 0 Å². The largest absolute Gasteiger partial charge is 0.329 e. The van der Waals surface area contributed by atoms with Crippen LogP contribution in [-0.2, 0) is 6.42 Å². The zero-order chi connectivity index (χ0) is 16.3. The number of piperazine rings is 1. The van der Waals surface area contributed by atoms with Gasteiger partial charge in [-0.3, -0.25) is 4.79 Å². The second kappa shape index (κ2) is 7.34. The summed E-state index contributed by atoms with van der Waals surface area (Å²) < 4.78 is 0. The van der Waals surface area contributed by atoms with Crippen molar-refractivity contribution in [3.8, 4) is 0 Å². The fourth-order valence-corrected chi connectivity index (χ4v) is 4.16. The number of thioether (sulfide) groups is 1. The summed E-state index contributed by atoms with van der Waals surface area (Å²) in [6.45, 7) is 15.2. The number of fused-ring (bicyclic) bond motifs is 3. The molecule has 3 nitrogen and oxygen atoms in total. The van der Waals surface area contributed by atoms with Gasteiger partial charge in [-0.1, -0.05) is 26.8 Å². The molecule has 0 bridgehead atoms. The molecule has 1 unspecified atom stereocenters. The molecule has 120 valence electrons. The molecular formula is C18H26N2OS. The molecule has 1 atom stereocenters. The molecule has 0 aromatic heterocycles. The number of nitrogens with zero attached hydrogens (tertiary/aromatic N) is 1. The van der Waals surface area contributed by atoms with Crippen molar-refractivity contribution in [2.45, 2.75) is 43.4 Å². The Labute approximate surface area is 138 Å². The Morgan fingerprint density at radius 3 is 2.77 bits per heavy atom. The van der Waals surface area contributed by atoms with E-state index in [1.807, 2.05) is 16.7 Å². The quantitative estimate of drug-likeness (QED) is 0.682. The summed E-state index contributed by atoms with van der Waals surface area (Å²) in [7, 11) is 0. The number of nitrogens with one attached hydrogen (secondary N) is 1. The van der Waals surface area contributed by atoms with Crippen molar-refractivity contribution in [1.29, 1.82) is 0 Å². The van der Waals surface area contributed by atoms with E-state index < -0.39 is 0 Å². The van der Waals surface area contributed by atoms with Crippen LogP contribution in [0.15, 0.2) is 30.2 Å². The van der Waals surface area contributed by atoms with Crippen LogP contribution in [0.4, 0.5) is 0 Å². The lowest BCUT2D eigenvalue weighted by molar-refractivity contribution is 0.0688. The predicted octanol–water partition coefficient (Wildman–Crippen LogP) is 3.65. The number of carbonyl (C=O) groups is 1. The summed E-state index contributed by atoms with van der Waals surface area (Å²) in [5.74, 6) is 0.234. The maximum atomic E-state index is 12.7. The summed E-state index contributed by atoms with van der Waals surface area (Å²) in [6.07, 6.45) is 1.02. The van der Waals surface area contributed by atoms with E-state index in [-0.39, 0.29) is 11.9 Å². The molecule has 2 heterocycles. The van der Waals surface area contributed by atoms with E-state index in [0.29, 0.717) is 5.25 Å². The molecule has 2 aliphatic rings. The predicted molar refractivity (Wildman–Crippen MR) is 94.7 cm³/mol. The van der Waals surface area contributed by atoms with Crippen molar-refractivity contribution in [3.05, 3.63) is 42.0 Å². The fraction of sp³-hybridized carbons (Fsp3) is 0.500. The molecule has 0 spiro atoms. The van der Waals surface area contributed by atoms with Crippen LogP contribution in [0.25, 0.3) is 0 Å². The van der Waals surface area contributed by atoms with Crippen molar-refractivity contribution >= 4 is 17.7 Å². The van der Waals surface area contributed by atoms with E-state index in [9.17, 15) is 4.79 Å². The first-order valence-electron chi connectivity index (χ1n) is 7.97. The van der Waals surface area contributed by atoms with Crippen molar-refractivity contribution < 1.29 is 4.79 Å². The van der Waals surface area contributed by atoms with E-state index in [2.05, 4.69) is 51.4 Å². The van der Waals surface area contributed by atoms with Gasteiger partial charge in [0, 0.05) is 29.8 Å². The molecule has 1 aromatic carbocycles. The van der Waals surface area contributed by atoms with E-state index in [4.69, 9.17) is 0 Å². The van der Waals surface area contributed by atoms with Crippen LogP contribution in [0.3, 0.4) is 0 Å². The van der Waals surface area contributed by atoms with Crippen LogP contribution >= 0.6 is 11.8 Å². The molecule has 0 radical (unpaired) electrons. The van der Waals surface area contributed by atoms with Gasteiger partial charge in [0.25, 0.3) is 5.91 Å². The maximum absolute atomic E-state index is 12.7. The minimum atomic E-state index is 0.234. The average Bonchev–Trinajstić information content (AvgIpc) is 2.82. The van der Waals surface area contributed by atoms with Gasteiger partial charge in [-0.15, -0.1) is 24.9 Å². The van der Waals surface area contributed by atoms with Gasteiger partial charge in [-0.2, -0.15) is 0 Å². The van der Waals surface area contributed by atoms with Gasteiger partial charge in [-0.05, 0) is 23.6 Å². The molecule has 1 aromatic rings. The Balaban J connectivity index is 0.000000847. The summed E-state index contributed by atoms with van der Waals surface area (Å²) in [5, 5.41) is 3.91. The normalized spacial score (nSPS) is 19.5. The molecule has 1 saturated heterocycles. The number of aryl methyl sites for hydroxylation is 1. The SMILES string of the molecule is C=C.CCc1cc(SC(C)C)c2c(c1)C1CNCCN1C2=O. The van der Waals surface area contributed by atoms with Crippen LogP contribution in [0, 0.1) is 0 Å². The summed E-state index contributed by atoms with van der Waals surface area (Å²) >= 11 is 1.81. The molecule has 1 N–H and O–H groups in total. The van der Waals surface area contributed by atoms with Crippen molar-refractivity contribution in [2.75, 3.05) is 19.6 Å². The van der Waals surface area contributed by atoms with Crippen molar-refractivity contribution in [3.63, 3.8) is 0 Å². The molecule has 1 amide bonds. The lowest BCUT2D eigenvalue weighted by atomic mass is 9.99. The third kappa shape index (κ3) is 3.08. The van der Waals surface area contributed by atoms with Crippen LogP contribution in [-0.4, -0.2) is 35.7 Å². The fourth-order valence-electron chi connectivity index (χ4n) is 3.11. The smallest absolute Gasteiger partial charge is 0.255 e. The zero-order valence-electron chi connectivity index (χ0n) is 13.8. The Hall–Kier alpha value is -1.26. The molecule has 0 aliphatic carbocycles. The summed E-state index contributed by atoms with van der Waals surface area (Å²) in [5.41, 5.74) is 3.55. The molecule has 2 aliphatic heterocycles. The number of amides is 1. The van der Waals surface area contributed by atoms with E-state index in [1.165, 1.54) is 16.0 Å². The highest BCUT2D eigenvalue weighted by Crippen LogP contribution is 2.41. The van der Waals surface area contributed by atoms with Crippen LogP contribution in [0.2, 0.25) is 0 Å². The zero-order valence-corrected chi connectivity index (χ0v) is 14.6. The van der Waals surface area contributed by atoms with Gasteiger partial charge in [0.2, 0.25) is 0 Å². The van der Waals surface area contributed by atoms with Crippen LogP contribution in [0.1, 0.15) is 48.3 Å². The first kappa shape index (κ1) is 17.1. The highest BCUT2D eigenvalue weighted by atomic mass is 32.2. The Morgan fingerprint density at radius 1 is 1.41 bits per heavy atom. The Kier molecular flexibility index (Phi) is 5.70. The maximum Gasteiger partial charge on any atom is 0.255 e. The molecule has 4 heteroatoms. The standard InChI is InChI=1S/C16H22N2OS.C2H4/c1-4-11-7-12-13-9-17-5-6-18(13)16(19)15(12)14(8-11)20-10(2)3;1-2/h7-8,10,13,17H,4-6,9H2,1-3H3;1-2H2.